The van der Waals surface area contributed by atoms with E-state index in [-0.39, 0.29) is 12.0 Å². The lowest BCUT2D eigenvalue weighted by molar-refractivity contribution is -0.145. The summed E-state index contributed by atoms with van der Waals surface area (Å²) in [5.41, 5.74) is 1.88. The lowest BCUT2D eigenvalue weighted by atomic mass is 10.1. The molecule has 130 valence electrons. The van der Waals surface area contributed by atoms with E-state index in [0.29, 0.717) is 18.1 Å². The maximum atomic E-state index is 12.4. The maximum Gasteiger partial charge on any atom is 0.251 e. The summed E-state index contributed by atoms with van der Waals surface area (Å²) in [5.74, 6) is 0.526. The molecule has 0 aliphatic carbocycles. The van der Waals surface area contributed by atoms with Crippen molar-refractivity contribution in [2.24, 2.45) is 5.92 Å². The van der Waals surface area contributed by atoms with Gasteiger partial charge in [0.25, 0.3) is 5.91 Å². The number of nitrogens with zero attached hydrogens (tertiary/aromatic N) is 3. The zero-order chi connectivity index (χ0) is 17.5. The van der Waals surface area contributed by atoms with Crippen molar-refractivity contribution >= 4 is 5.91 Å². The monoisotopic (exact) mass is 329 g/mol. The Hall–Kier alpha value is -1.90. The lowest BCUT2D eigenvalue weighted by Crippen LogP contribution is -2.51. The molecule has 1 atom stereocenters. The molecule has 0 aromatic heterocycles. The molecular formula is C19H27N3O2. The van der Waals surface area contributed by atoms with Crippen molar-refractivity contribution < 1.29 is 9.53 Å². The summed E-state index contributed by atoms with van der Waals surface area (Å²) < 4.78 is 5.63. The van der Waals surface area contributed by atoms with Crippen LogP contribution in [-0.2, 0) is 16.1 Å². The molecule has 1 aliphatic heterocycles. The average molecular weight is 329 g/mol. The first-order valence-corrected chi connectivity index (χ1v) is 8.61. The summed E-state index contributed by atoms with van der Waals surface area (Å²) in [7, 11) is 0. The van der Waals surface area contributed by atoms with Gasteiger partial charge in [0, 0.05) is 39.3 Å². The van der Waals surface area contributed by atoms with Crippen molar-refractivity contribution in [3.8, 4) is 6.07 Å². The Morgan fingerprint density at radius 3 is 2.33 bits per heavy atom. The molecule has 5 heteroatoms. The van der Waals surface area contributed by atoms with Crippen LogP contribution >= 0.6 is 0 Å². The number of piperazine rings is 1. The Kier molecular flexibility index (Phi) is 6.77. The van der Waals surface area contributed by atoms with Crippen LogP contribution in [0.5, 0.6) is 0 Å². The second-order valence-corrected chi connectivity index (χ2v) is 6.78. The van der Waals surface area contributed by atoms with E-state index in [1.165, 1.54) is 5.56 Å². The van der Waals surface area contributed by atoms with Crippen molar-refractivity contribution in [2.45, 2.75) is 33.4 Å². The van der Waals surface area contributed by atoms with Gasteiger partial charge in [-0.05, 0) is 30.5 Å². The van der Waals surface area contributed by atoms with Gasteiger partial charge in [-0.15, -0.1) is 0 Å². The van der Waals surface area contributed by atoms with Crippen LogP contribution in [0.2, 0.25) is 0 Å². The van der Waals surface area contributed by atoms with Crippen molar-refractivity contribution in [3.05, 3.63) is 35.4 Å². The summed E-state index contributed by atoms with van der Waals surface area (Å²) in [6.45, 7) is 10.7. The predicted molar refractivity (Wildman–Crippen MR) is 93.3 cm³/mol. The topological polar surface area (TPSA) is 56.6 Å². The second-order valence-electron chi connectivity index (χ2n) is 6.78. The SMILES string of the molecule is CC(C)CO[C@@H](C)C(=O)N1CCN(Cc2ccc(C#N)cc2)CC1. The highest BCUT2D eigenvalue weighted by Crippen LogP contribution is 2.11. The third-order valence-electron chi connectivity index (χ3n) is 4.20. The highest BCUT2D eigenvalue weighted by atomic mass is 16.5. The number of benzene rings is 1. The van der Waals surface area contributed by atoms with Crippen molar-refractivity contribution in [1.29, 1.82) is 5.26 Å². The highest BCUT2D eigenvalue weighted by Gasteiger charge is 2.25. The number of rotatable bonds is 6. The highest BCUT2D eigenvalue weighted by molar-refractivity contribution is 5.80. The van der Waals surface area contributed by atoms with Crippen LogP contribution in [0, 0.1) is 17.2 Å². The predicted octanol–water partition coefficient (Wildman–Crippen LogP) is 2.26. The van der Waals surface area contributed by atoms with Crippen molar-refractivity contribution in [2.75, 3.05) is 32.8 Å². The Bertz CT molecular complexity index is 569. The average Bonchev–Trinajstić information content (AvgIpc) is 2.60. The number of hydrogen-bond donors (Lipinski definition) is 0. The van der Waals surface area contributed by atoms with Gasteiger partial charge in [-0.25, -0.2) is 0 Å². The molecule has 1 saturated heterocycles. The number of amides is 1. The molecule has 0 saturated carbocycles. The zero-order valence-corrected chi connectivity index (χ0v) is 14.9. The van der Waals surface area contributed by atoms with E-state index >= 15 is 0 Å². The minimum Gasteiger partial charge on any atom is -0.368 e. The van der Waals surface area contributed by atoms with Gasteiger partial charge in [0.2, 0.25) is 0 Å². The molecule has 1 heterocycles. The van der Waals surface area contributed by atoms with Gasteiger partial charge in [-0.2, -0.15) is 5.26 Å². The number of ether oxygens (including phenoxy) is 1. The molecule has 1 aliphatic rings. The van der Waals surface area contributed by atoms with Gasteiger partial charge in [0.1, 0.15) is 6.10 Å². The number of nitriles is 1. The third-order valence-corrected chi connectivity index (χ3v) is 4.20. The molecule has 1 aromatic rings. The van der Waals surface area contributed by atoms with Gasteiger partial charge < -0.3 is 9.64 Å². The van der Waals surface area contributed by atoms with Crippen LogP contribution in [0.15, 0.2) is 24.3 Å². The van der Waals surface area contributed by atoms with E-state index in [2.05, 4.69) is 24.8 Å². The van der Waals surface area contributed by atoms with Gasteiger partial charge in [0.15, 0.2) is 0 Å². The maximum absolute atomic E-state index is 12.4. The zero-order valence-electron chi connectivity index (χ0n) is 14.9. The molecule has 1 amide bonds. The minimum absolute atomic E-state index is 0.0914. The first kappa shape index (κ1) is 18.4. The van der Waals surface area contributed by atoms with Crippen LogP contribution < -0.4 is 0 Å². The van der Waals surface area contributed by atoms with E-state index in [4.69, 9.17) is 10.00 Å². The second kappa shape index (κ2) is 8.81. The third kappa shape index (κ3) is 5.33. The largest absolute Gasteiger partial charge is 0.368 e. The van der Waals surface area contributed by atoms with Gasteiger partial charge in [0.05, 0.1) is 11.6 Å². The minimum atomic E-state index is -0.363. The molecule has 5 nitrogen and oxygen atoms in total. The van der Waals surface area contributed by atoms with Gasteiger partial charge in [-0.3, -0.25) is 9.69 Å². The molecule has 0 spiro atoms. The van der Waals surface area contributed by atoms with E-state index < -0.39 is 0 Å². The van der Waals surface area contributed by atoms with E-state index in [9.17, 15) is 4.79 Å². The van der Waals surface area contributed by atoms with E-state index in [1.54, 1.807) is 0 Å². The van der Waals surface area contributed by atoms with Crippen molar-refractivity contribution in [3.63, 3.8) is 0 Å². The van der Waals surface area contributed by atoms with Gasteiger partial charge >= 0.3 is 0 Å². The molecule has 24 heavy (non-hydrogen) atoms. The fraction of sp³-hybridized carbons (Fsp3) is 0.579. The van der Waals surface area contributed by atoms with Gasteiger partial charge in [-0.1, -0.05) is 26.0 Å². The smallest absolute Gasteiger partial charge is 0.251 e. The van der Waals surface area contributed by atoms with Crippen LogP contribution in [-0.4, -0.2) is 54.6 Å². The molecule has 0 N–H and O–H groups in total. The van der Waals surface area contributed by atoms with Crippen LogP contribution in [0.4, 0.5) is 0 Å². The molecular weight excluding hydrogens is 302 g/mol. The molecule has 1 fully saturated rings. The first-order chi connectivity index (χ1) is 11.5. The summed E-state index contributed by atoms with van der Waals surface area (Å²) in [4.78, 5) is 16.6. The molecule has 0 bridgehead atoms. The number of hydrogen-bond acceptors (Lipinski definition) is 4. The quantitative estimate of drug-likeness (QED) is 0.803. The normalized spacial score (nSPS) is 16.9. The van der Waals surface area contributed by atoms with Crippen molar-refractivity contribution in [1.82, 2.24) is 9.80 Å². The molecule has 0 radical (unpaired) electrons. The fourth-order valence-electron chi connectivity index (χ4n) is 2.73. The fourth-order valence-corrected chi connectivity index (χ4v) is 2.73. The number of carbonyl (C=O) groups is 1. The van der Waals surface area contributed by atoms with Crippen LogP contribution in [0.25, 0.3) is 0 Å². The Balaban J connectivity index is 1.78. The van der Waals surface area contributed by atoms with Crippen LogP contribution in [0.1, 0.15) is 31.9 Å². The van der Waals surface area contributed by atoms with E-state index in [0.717, 1.165) is 32.7 Å². The molecule has 0 unspecified atom stereocenters. The number of carbonyl (C=O) groups excluding carboxylic acids is 1. The summed E-state index contributed by atoms with van der Waals surface area (Å²) >= 11 is 0. The molecule has 1 aromatic carbocycles. The lowest BCUT2D eigenvalue weighted by Gasteiger charge is -2.36. The summed E-state index contributed by atoms with van der Waals surface area (Å²) in [5, 5.41) is 8.84. The van der Waals surface area contributed by atoms with E-state index in [1.807, 2.05) is 36.1 Å². The first-order valence-electron chi connectivity index (χ1n) is 8.61. The Labute approximate surface area is 144 Å². The summed E-state index contributed by atoms with van der Waals surface area (Å²) in [6.07, 6.45) is -0.363. The molecule has 2 rings (SSSR count). The summed E-state index contributed by atoms with van der Waals surface area (Å²) in [6, 6.07) is 9.83. The van der Waals surface area contributed by atoms with Crippen LogP contribution in [0.3, 0.4) is 0 Å². The standard InChI is InChI=1S/C19H27N3O2/c1-15(2)14-24-16(3)19(23)22-10-8-21(9-11-22)13-18-6-4-17(12-20)5-7-18/h4-7,15-16H,8-11,13-14H2,1-3H3/t16-/m0/s1. The Morgan fingerprint density at radius 2 is 1.79 bits per heavy atom. The Morgan fingerprint density at radius 1 is 1.17 bits per heavy atom.